The number of halogens is 2. The van der Waals surface area contributed by atoms with Gasteiger partial charge in [-0.2, -0.15) is 0 Å². The quantitative estimate of drug-likeness (QED) is 0.646. The molecule has 1 aliphatic heterocycles. The van der Waals surface area contributed by atoms with E-state index in [-0.39, 0.29) is 12.0 Å². The number of hydrogen-bond donors (Lipinski definition) is 1. The van der Waals surface area contributed by atoms with Crippen molar-refractivity contribution in [3.63, 3.8) is 0 Å². The first kappa shape index (κ1) is 16.5. The maximum absolute atomic E-state index is 12.3. The summed E-state index contributed by atoms with van der Waals surface area (Å²) in [6.07, 6.45) is 1.66. The summed E-state index contributed by atoms with van der Waals surface area (Å²) in [7, 11) is 0. The lowest BCUT2D eigenvalue weighted by Crippen LogP contribution is -2.57. The summed E-state index contributed by atoms with van der Waals surface area (Å²) in [5.74, 6) is 0.0848. The predicted octanol–water partition coefficient (Wildman–Crippen LogP) is 2.95. The molecule has 0 amide bonds. The van der Waals surface area contributed by atoms with Crippen molar-refractivity contribution in [3.05, 3.63) is 21.9 Å². The van der Waals surface area contributed by atoms with E-state index in [1.54, 1.807) is 6.07 Å². The Hall–Kier alpha value is -0.850. The second-order valence-corrected chi connectivity index (χ2v) is 7.08. The summed E-state index contributed by atoms with van der Waals surface area (Å²) < 4.78 is 11.8. The van der Waals surface area contributed by atoms with Crippen molar-refractivity contribution in [1.29, 1.82) is 0 Å². The van der Waals surface area contributed by atoms with Crippen molar-refractivity contribution >= 4 is 33.5 Å². The first-order valence-electron chi connectivity index (χ1n) is 6.70. The number of carbonyl (C=O) groups is 1. The zero-order valence-corrected chi connectivity index (χ0v) is 14.5. The number of pyridine rings is 1. The summed E-state index contributed by atoms with van der Waals surface area (Å²) in [4.78, 5) is 16.3. The van der Waals surface area contributed by atoms with Gasteiger partial charge in [0.1, 0.15) is 16.5 Å². The van der Waals surface area contributed by atoms with Gasteiger partial charge in [0.25, 0.3) is 0 Å². The Balaban J connectivity index is 2.12. The van der Waals surface area contributed by atoms with Crippen molar-refractivity contribution in [3.8, 4) is 5.75 Å². The number of aromatic nitrogens is 1. The van der Waals surface area contributed by atoms with Gasteiger partial charge >= 0.3 is 5.97 Å². The molecule has 1 aromatic rings. The van der Waals surface area contributed by atoms with Gasteiger partial charge in [0.2, 0.25) is 6.10 Å². The summed E-state index contributed by atoms with van der Waals surface area (Å²) in [6.45, 7) is 6.36. The molecule has 0 radical (unpaired) electrons. The monoisotopic (exact) mass is 376 g/mol. The third kappa shape index (κ3) is 4.56. The van der Waals surface area contributed by atoms with Crippen LogP contribution in [-0.2, 0) is 9.53 Å². The van der Waals surface area contributed by atoms with E-state index in [9.17, 15) is 4.79 Å². The van der Waals surface area contributed by atoms with Crippen LogP contribution in [0.5, 0.6) is 5.75 Å². The van der Waals surface area contributed by atoms with Gasteiger partial charge < -0.3 is 14.8 Å². The highest BCUT2D eigenvalue weighted by Gasteiger charge is 2.37. The van der Waals surface area contributed by atoms with E-state index in [0.717, 1.165) is 13.0 Å². The van der Waals surface area contributed by atoms with Crippen molar-refractivity contribution in [2.45, 2.75) is 44.9 Å². The molecule has 116 valence electrons. The molecule has 1 aromatic heterocycles. The molecule has 0 aliphatic carbocycles. The van der Waals surface area contributed by atoms with Crippen molar-refractivity contribution in [2.24, 2.45) is 0 Å². The number of ether oxygens (including phenoxy) is 2. The van der Waals surface area contributed by atoms with Gasteiger partial charge in [-0.15, -0.1) is 0 Å². The number of esters is 1. The average Bonchev–Trinajstić information content (AvgIpc) is 2.28. The Labute approximate surface area is 137 Å². The minimum absolute atomic E-state index is 0.0469. The maximum Gasteiger partial charge on any atom is 0.349 e. The van der Waals surface area contributed by atoms with Crippen LogP contribution < -0.4 is 10.1 Å². The Morgan fingerprint density at radius 1 is 1.57 bits per heavy atom. The standard InChI is InChI=1S/C14H18BrClN2O3/c1-14(2,3)21-13(19)11(10-4-5-17-10)20-8-6-9(15)12(16)18-7-8/h6-7,10-11,17H,4-5H2,1-3H3/t10-,11?/m1/s1. The highest BCUT2D eigenvalue weighted by molar-refractivity contribution is 9.10. The molecular weight excluding hydrogens is 360 g/mol. The molecule has 1 fully saturated rings. The molecule has 2 rings (SSSR count). The Morgan fingerprint density at radius 3 is 2.71 bits per heavy atom. The molecule has 1 aliphatic rings. The average molecular weight is 378 g/mol. The largest absolute Gasteiger partial charge is 0.475 e. The molecular formula is C14H18BrClN2O3. The van der Waals surface area contributed by atoms with Gasteiger partial charge in [-0.3, -0.25) is 0 Å². The molecule has 1 unspecified atom stereocenters. The second-order valence-electron chi connectivity index (χ2n) is 5.86. The van der Waals surface area contributed by atoms with Gasteiger partial charge in [0.05, 0.1) is 16.7 Å². The normalized spacial score (nSPS) is 19.6. The van der Waals surface area contributed by atoms with Crippen molar-refractivity contribution in [2.75, 3.05) is 6.54 Å². The first-order valence-corrected chi connectivity index (χ1v) is 7.87. The molecule has 1 saturated heterocycles. The van der Waals surface area contributed by atoms with Gasteiger partial charge in [-0.25, -0.2) is 9.78 Å². The topological polar surface area (TPSA) is 60.5 Å². The lowest BCUT2D eigenvalue weighted by molar-refractivity contribution is -0.165. The SMILES string of the molecule is CC(C)(C)OC(=O)C(Oc1cnc(Cl)c(Br)c1)[C@H]1CCN1. The minimum Gasteiger partial charge on any atom is -0.475 e. The van der Waals surface area contributed by atoms with Crippen LogP contribution in [0.25, 0.3) is 0 Å². The van der Waals surface area contributed by atoms with Gasteiger partial charge in [0.15, 0.2) is 0 Å². The number of carbonyl (C=O) groups excluding carboxylic acids is 1. The van der Waals surface area contributed by atoms with Crippen LogP contribution in [0.2, 0.25) is 5.15 Å². The van der Waals surface area contributed by atoms with E-state index in [1.165, 1.54) is 6.20 Å². The van der Waals surface area contributed by atoms with Gasteiger partial charge in [-0.1, -0.05) is 11.6 Å². The van der Waals surface area contributed by atoms with E-state index < -0.39 is 11.7 Å². The number of rotatable bonds is 4. The third-order valence-corrected chi connectivity index (χ3v) is 4.03. The third-order valence-electron chi connectivity index (χ3n) is 2.90. The summed E-state index contributed by atoms with van der Waals surface area (Å²) >= 11 is 9.13. The van der Waals surface area contributed by atoms with Crippen LogP contribution in [-0.4, -0.2) is 35.2 Å². The Morgan fingerprint density at radius 2 is 2.24 bits per heavy atom. The Bertz CT molecular complexity index is 529. The summed E-state index contributed by atoms with van der Waals surface area (Å²) in [5.41, 5.74) is -0.554. The smallest absolute Gasteiger partial charge is 0.349 e. The molecule has 5 nitrogen and oxygen atoms in total. The lowest BCUT2D eigenvalue weighted by atomic mass is 10.0. The van der Waals surface area contributed by atoms with E-state index in [1.807, 2.05) is 20.8 Å². The predicted molar refractivity (Wildman–Crippen MR) is 83.6 cm³/mol. The number of nitrogens with one attached hydrogen (secondary N) is 1. The van der Waals surface area contributed by atoms with Crippen LogP contribution in [0, 0.1) is 0 Å². The van der Waals surface area contributed by atoms with Gasteiger partial charge in [0, 0.05) is 0 Å². The lowest BCUT2D eigenvalue weighted by Gasteiger charge is -2.35. The summed E-state index contributed by atoms with van der Waals surface area (Å²) in [5, 5.41) is 3.52. The van der Waals surface area contributed by atoms with Gasteiger partial charge in [-0.05, 0) is 55.7 Å². The van der Waals surface area contributed by atoms with Crippen LogP contribution in [0.1, 0.15) is 27.2 Å². The molecule has 0 saturated carbocycles. The fraction of sp³-hybridized carbons (Fsp3) is 0.571. The maximum atomic E-state index is 12.3. The molecule has 0 bridgehead atoms. The number of nitrogens with zero attached hydrogens (tertiary/aromatic N) is 1. The van der Waals surface area contributed by atoms with Crippen LogP contribution in [0.3, 0.4) is 0 Å². The highest BCUT2D eigenvalue weighted by atomic mass is 79.9. The molecule has 2 atom stereocenters. The molecule has 21 heavy (non-hydrogen) atoms. The van der Waals surface area contributed by atoms with Crippen LogP contribution >= 0.6 is 27.5 Å². The fourth-order valence-corrected chi connectivity index (χ4v) is 2.27. The van der Waals surface area contributed by atoms with E-state index in [4.69, 9.17) is 21.1 Å². The first-order chi connectivity index (χ1) is 9.76. The molecule has 0 spiro atoms. The minimum atomic E-state index is -0.701. The summed E-state index contributed by atoms with van der Waals surface area (Å²) in [6, 6.07) is 1.64. The van der Waals surface area contributed by atoms with E-state index in [0.29, 0.717) is 15.4 Å². The second kappa shape index (κ2) is 6.50. The number of hydrogen-bond acceptors (Lipinski definition) is 5. The molecule has 0 aromatic carbocycles. The zero-order chi connectivity index (χ0) is 15.6. The van der Waals surface area contributed by atoms with Crippen molar-refractivity contribution in [1.82, 2.24) is 10.3 Å². The van der Waals surface area contributed by atoms with Crippen LogP contribution in [0.15, 0.2) is 16.7 Å². The van der Waals surface area contributed by atoms with Crippen molar-refractivity contribution < 1.29 is 14.3 Å². The van der Waals surface area contributed by atoms with E-state index in [2.05, 4.69) is 26.2 Å². The molecule has 7 heteroatoms. The van der Waals surface area contributed by atoms with Crippen LogP contribution in [0.4, 0.5) is 0 Å². The van der Waals surface area contributed by atoms with E-state index >= 15 is 0 Å². The zero-order valence-electron chi connectivity index (χ0n) is 12.2. The fourth-order valence-electron chi connectivity index (χ4n) is 1.84. The Kier molecular flexibility index (Phi) is 5.11. The molecule has 1 N–H and O–H groups in total. The highest BCUT2D eigenvalue weighted by Crippen LogP contribution is 2.26. The molecule has 2 heterocycles.